The molecule has 0 spiro atoms. The molecule has 5 heteroatoms. The molecule has 0 aromatic heterocycles. The highest BCUT2D eigenvalue weighted by molar-refractivity contribution is 6.69. The zero-order chi connectivity index (χ0) is 9.30. The number of phenols is 1. The summed E-state index contributed by atoms with van der Waals surface area (Å²) < 4.78 is 0. The fourth-order valence-electron chi connectivity index (χ4n) is 0.691. The van der Waals surface area contributed by atoms with Gasteiger partial charge in [-0.1, -0.05) is 23.2 Å². The maximum Gasteiger partial charge on any atom is 0.253 e. The van der Waals surface area contributed by atoms with Gasteiger partial charge in [0, 0.05) is 0 Å². The van der Waals surface area contributed by atoms with Crippen molar-refractivity contribution in [2.45, 2.75) is 0 Å². The van der Waals surface area contributed by atoms with Gasteiger partial charge in [0.05, 0.1) is 10.6 Å². The minimum Gasteiger partial charge on any atom is -0.506 e. The van der Waals surface area contributed by atoms with E-state index in [0.29, 0.717) is 0 Å². The van der Waals surface area contributed by atoms with Crippen LogP contribution in [0.3, 0.4) is 0 Å². The van der Waals surface area contributed by atoms with Gasteiger partial charge in [0.1, 0.15) is 10.8 Å². The maximum atomic E-state index is 10.7. The molecule has 0 bridgehead atoms. The monoisotopic (exact) mass is 224 g/mol. The van der Waals surface area contributed by atoms with Crippen LogP contribution in [0.5, 0.6) is 5.75 Å². The molecule has 1 aromatic carbocycles. The molecule has 0 radical (unpaired) electrons. The second-order valence-corrected chi connectivity index (χ2v) is 3.13. The largest absolute Gasteiger partial charge is 0.506 e. The molecule has 0 unspecified atom stereocenters. The Balaban J connectivity index is 3.36. The minimum absolute atomic E-state index is 0.0309. The Morgan fingerprint density at radius 2 is 1.83 bits per heavy atom. The molecule has 12 heavy (non-hydrogen) atoms. The fourth-order valence-corrected chi connectivity index (χ4v) is 1.31. The van der Waals surface area contributed by atoms with Gasteiger partial charge in [-0.25, -0.2) is 0 Å². The zero-order valence-electron chi connectivity index (χ0n) is 5.64. The molecule has 0 saturated heterocycles. The number of rotatable bonds is 1. The lowest BCUT2D eigenvalue weighted by atomic mass is 10.2. The Labute approximate surface area is 83.7 Å². The van der Waals surface area contributed by atoms with E-state index in [9.17, 15) is 4.79 Å². The molecule has 1 rings (SSSR count). The first-order valence-corrected chi connectivity index (χ1v) is 4.04. The first-order chi connectivity index (χ1) is 5.54. The van der Waals surface area contributed by atoms with Crippen LogP contribution in [0.4, 0.5) is 0 Å². The summed E-state index contributed by atoms with van der Waals surface area (Å²) in [5, 5.41) is 8.23. The first kappa shape index (κ1) is 9.65. The Kier molecular flexibility index (Phi) is 2.83. The van der Waals surface area contributed by atoms with Crippen LogP contribution < -0.4 is 0 Å². The van der Waals surface area contributed by atoms with Crippen LogP contribution >= 0.6 is 34.8 Å². The highest BCUT2D eigenvalue weighted by atomic mass is 35.5. The van der Waals surface area contributed by atoms with E-state index in [-0.39, 0.29) is 21.4 Å². The van der Waals surface area contributed by atoms with E-state index in [4.69, 9.17) is 39.9 Å². The topological polar surface area (TPSA) is 37.3 Å². The normalized spacial score (nSPS) is 9.92. The quantitative estimate of drug-likeness (QED) is 0.746. The molecule has 1 aromatic rings. The van der Waals surface area contributed by atoms with Crippen molar-refractivity contribution in [1.82, 2.24) is 0 Å². The smallest absolute Gasteiger partial charge is 0.253 e. The minimum atomic E-state index is -0.707. The van der Waals surface area contributed by atoms with Crippen molar-refractivity contribution >= 4 is 40.0 Å². The average molecular weight is 225 g/mol. The van der Waals surface area contributed by atoms with Crippen LogP contribution in [0.1, 0.15) is 10.4 Å². The Bertz CT molecular complexity index is 336. The van der Waals surface area contributed by atoms with Crippen molar-refractivity contribution in [2.75, 3.05) is 0 Å². The van der Waals surface area contributed by atoms with Gasteiger partial charge >= 0.3 is 0 Å². The van der Waals surface area contributed by atoms with Gasteiger partial charge in [-0.05, 0) is 23.7 Å². The van der Waals surface area contributed by atoms with Crippen molar-refractivity contribution in [3.8, 4) is 5.75 Å². The number of carbonyl (C=O) groups excluding carboxylic acids is 1. The summed E-state index contributed by atoms with van der Waals surface area (Å²) in [6.45, 7) is 0. The lowest BCUT2D eigenvalue weighted by Crippen LogP contribution is -1.90. The molecular formula is C7H3Cl3O2. The van der Waals surface area contributed by atoms with Gasteiger partial charge in [-0.15, -0.1) is 0 Å². The van der Waals surface area contributed by atoms with Gasteiger partial charge in [-0.3, -0.25) is 4.79 Å². The molecule has 0 fully saturated rings. The lowest BCUT2D eigenvalue weighted by molar-refractivity contribution is 0.108. The van der Waals surface area contributed by atoms with E-state index < -0.39 is 5.24 Å². The van der Waals surface area contributed by atoms with Crippen molar-refractivity contribution in [3.05, 3.63) is 27.7 Å². The van der Waals surface area contributed by atoms with Crippen molar-refractivity contribution < 1.29 is 9.90 Å². The van der Waals surface area contributed by atoms with Gasteiger partial charge in [0.2, 0.25) is 0 Å². The molecule has 2 nitrogen and oxygen atoms in total. The third-order valence-electron chi connectivity index (χ3n) is 1.27. The highest BCUT2D eigenvalue weighted by Crippen LogP contribution is 2.34. The number of aromatic hydroxyl groups is 1. The third kappa shape index (κ3) is 1.66. The van der Waals surface area contributed by atoms with Crippen molar-refractivity contribution in [1.29, 1.82) is 0 Å². The van der Waals surface area contributed by atoms with Crippen LogP contribution in [-0.4, -0.2) is 10.3 Å². The summed E-state index contributed by atoms with van der Waals surface area (Å²) in [5.74, 6) is -0.177. The van der Waals surface area contributed by atoms with Crippen LogP contribution in [0.2, 0.25) is 10.0 Å². The molecule has 0 amide bonds. The van der Waals surface area contributed by atoms with Gasteiger partial charge in [0.25, 0.3) is 5.24 Å². The molecule has 64 valence electrons. The van der Waals surface area contributed by atoms with Crippen molar-refractivity contribution in [2.24, 2.45) is 0 Å². The van der Waals surface area contributed by atoms with Crippen LogP contribution in [0.25, 0.3) is 0 Å². The predicted molar refractivity (Wildman–Crippen MR) is 48.3 cm³/mol. The van der Waals surface area contributed by atoms with Gasteiger partial charge < -0.3 is 5.11 Å². The second-order valence-electron chi connectivity index (χ2n) is 2.03. The van der Waals surface area contributed by atoms with Gasteiger partial charge in [0.15, 0.2) is 0 Å². The molecule has 0 aliphatic heterocycles. The van der Waals surface area contributed by atoms with Crippen LogP contribution in [0, 0.1) is 0 Å². The molecule has 0 saturated carbocycles. The van der Waals surface area contributed by atoms with Crippen molar-refractivity contribution in [3.63, 3.8) is 0 Å². The summed E-state index contributed by atoms with van der Waals surface area (Å²) in [5.41, 5.74) is 0.0844. The Morgan fingerprint density at radius 1 is 1.25 bits per heavy atom. The molecule has 0 aliphatic rings. The molecule has 0 atom stereocenters. The summed E-state index contributed by atoms with van der Waals surface area (Å²) in [6, 6.07) is 2.56. The van der Waals surface area contributed by atoms with Crippen LogP contribution in [0.15, 0.2) is 12.1 Å². The lowest BCUT2D eigenvalue weighted by Gasteiger charge is -2.01. The summed E-state index contributed by atoms with van der Waals surface area (Å²) in [7, 11) is 0. The third-order valence-corrected chi connectivity index (χ3v) is 2.35. The van der Waals surface area contributed by atoms with E-state index in [1.165, 1.54) is 12.1 Å². The number of halogens is 3. The van der Waals surface area contributed by atoms with E-state index in [1.54, 1.807) is 0 Å². The second kappa shape index (κ2) is 3.52. The van der Waals surface area contributed by atoms with E-state index in [2.05, 4.69) is 0 Å². The molecule has 0 aliphatic carbocycles. The number of benzene rings is 1. The number of phenolic OH excluding ortho intramolecular Hbond substituents is 1. The molecule has 0 heterocycles. The molecule has 1 N–H and O–H groups in total. The number of carbonyl (C=O) groups is 1. The predicted octanol–water partition coefficient (Wildman–Crippen LogP) is 3.08. The molecular weight excluding hydrogens is 222 g/mol. The Hall–Kier alpha value is -0.440. The van der Waals surface area contributed by atoms with E-state index in [1.807, 2.05) is 0 Å². The summed E-state index contributed by atoms with van der Waals surface area (Å²) in [4.78, 5) is 10.7. The Morgan fingerprint density at radius 3 is 2.33 bits per heavy atom. The van der Waals surface area contributed by atoms with Crippen LogP contribution in [-0.2, 0) is 0 Å². The summed E-state index contributed by atoms with van der Waals surface area (Å²) in [6.07, 6.45) is 0. The number of hydrogen-bond donors (Lipinski definition) is 1. The first-order valence-electron chi connectivity index (χ1n) is 2.91. The fraction of sp³-hybridized carbons (Fsp3) is 0. The highest BCUT2D eigenvalue weighted by Gasteiger charge is 2.13. The zero-order valence-corrected chi connectivity index (χ0v) is 7.91. The standard InChI is InChI=1S/C7H3Cl3O2/c8-5-3(7(10)12)1-2-4(11)6(5)9/h1-2,11H. The number of hydrogen-bond acceptors (Lipinski definition) is 2. The average Bonchev–Trinajstić information content (AvgIpc) is 2.00. The SMILES string of the molecule is O=C(Cl)c1ccc(O)c(Cl)c1Cl. The summed E-state index contributed by atoms with van der Waals surface area (Å²) >= 11 is 16.3. The maximum absolute atomic E-state index is 10.7. The van der Waals surface area contributed by atoms with E-state index in [0.717, 1.165) is 0 Å². The van der Waals surface area contributed by atoms with Gasteiger partial charge in [-0.2, -0.15) is 0 Å². The van der Waals surface area contributed by atoms with E-state index >= 15 is 0 Å².